The maximum Gasteiger partial charge on any atom is 0.292 e. The summed E-state index contributed by atoms with van der Waals surface area (Å²) in [5, 5.41) is 14.5. The van der Waals surface area contributed by atoms with Gasteiger partial charge in [-0.25, -0.2) is 0 Å². The Morgan fingerprint density at radius 2 is 2.00 bits per heavy atom. The van der Waals surface area contributed by atoms with E-state index in [9.17, 15) is 9.90 Å². The van der Waals surface area contributed by atoms with Gasteiger partial charge >= 0.3 is 0 Å². The van der Waals surface area contributed by atoms with Crippen molar-refractivity contribution in [1.82, 2.24) is 15.0 Å². The number of aliphatic hydroxyl groups is 1. The first-order chi connectivity index (χ1) is 11.7. The molecule has 4 rings (SSSR count). The lowest BCUT2D eigenvalue weighted by Crippen LogP contribution is -2.48. The summed E-state index contributed by atoms with van der Waals surface area (Å²) in [5.74, 6) is 1.21. The van der Waals surface area contributed by atoms with Gasteiger partial charge in [0, 0.05) is 25.2 Å². The maximum atomic E-state index is 12.7. The molecule has 3 fully saturated rings. The Kier molecular flexibility index (Phi) is 4.35. The van der Waals surface area contributed by atoms with E-state index < -0.39 is 0 Å². The molecule has 0 radical (unpaired) electrons. The molecule has 1 aromatic rings. The number of hydrogen-bond acceptors (Lipinski definition) is 5. The van der Waals surface area contributed by atoms with Gasteiger partial charge < -0.3 is 14.5 Å². The van der Waals surface area contributed by atoms with E-state index in [1.807, 2.05) is 11.8 Å². The Labute approximate surface area is 142 Å². The summed E-state index contributed by atoms with van der Waals surface area (Å²) in [6.45, 7) is 5.73. The third-order valence-corrected chi connectivity index (χ3v) is 6.14. The minimum atomic E-state index is -0.253. The van der Waals surface area contributed by atoms with Gasteiger partial charge in [-0.2, -0.15) is 0 Å². The van der Waals surface area contributed by atoms with E-state index in [0.29, 0.717) is 17.6 Å². The summed E-state index contributed by atoms with van der Waals surface area (Å²) in [5.41, 5.74) is 0.819. The number of hydrogen-bond donors (Lipinski definition) is 1. The smallest absolute Gasteiger partial charge is 0.292 e. The van der Waals surface area contributed by atoms with Gasteiger partial charge in [-0.05, 0) is 57.0 Å². The zero-order chi connectivity index (χ0) is 16.7. The van der Waals surface area contributed by atoms with E-state index in [2.05, 4.69) is 10.1 Å². The number of nitrogens with zero attached hydrogens (tertiary/aromatic N) is 3. The molecule has 132 valence electrons. The Hall–Kier alpha value is -1.40. The van der Waals surface area contributed by atoms with Crippen LogP contribution < -0.4 is 0 Å². The second kappa shape index (κ2) is 6.48. The number of aryl methyl sites for hydroxylation is 1. The van der Waals surface area contributed by atoms with Gasteiger partial charge in [0.1, 0.15) is 0 Å². The molecule has 1 N–H and O–H groups in total. The fraction of sp³-hybridized carbons (Fsp3) is 0.778. The lowest BCUT2D eigenvalue weighted by molar-refractivity contribution is -0.000865. The molecule has 0 aromatic carbocycles. The Balaban J connectivity index is 1.42. The minimum absolute atomic E-state index is 0.0520. The second-order valence-corrected chi connectivity index (χ2v) is 7.62. The number of rotatable bonds is 3. The molecule has 0 unspecified atom stereocenters. The zero-order valence-corrected chi connectivity index (χ0v) is 14.4. The number of carbonyl (C=O) groups is 1. The average molecular weight is 333 g/mol. The lowest BCUT2D eigenvalue weighted by Gasteiger charge is -2.40. The number of carbonyl (C=O) groups excluding carboxylic acids is 1. The molecule has 1 aliphatic carbocycles. The van der Waals surface area contributed by atoms with Crippen molar-refractivity contribution >= 4 is 5.91 Å². The Bertz CT molecular complexity index is 596. The second-order valence-electron chi connectivity index (χ2n) is 7.62. The Morgan fingerprint density at radius 1 is 1.29 bits per heavy atom. The number of amides is 1. The van der Waals surface area contributed by atoms with Crippen LogP contribution in [0.3, 0.4) is 0 Å². The van der Waals surface area contributed by atoms with Crippen LogP contribution in [-0.2, 0) is 6.42 Å². The normalized spacial score (nSPS) is 33.8. The van der Waals surface area contributed by atoms with Crippen LogP contribution in [0, 0.1) is 11.8 Å². The first-order valence-electron chi connectivity index (χ1n) is 9.32. The highest BCUT2D eigenvalue weighted by molar-refractivity contribution is 5.91. The molecule has 24 heavy (non-hydrogen) atoms. The number of aliphatic hydroxyl groups excluding tert-OH is 1. The molecule has 3 aliphatic rings. The molecule has 1 amide bonds. The summed E-state index contributed by atoms with van der Waals surface area (Å²) >= 11 is 0. The molecule has 2 saturated heterocycles. The zero-order valence-electron chi connectivity index (χ0n) is 14.4. The third kappa shape index (κ3) is 2.86. The number of likely N-dealkylation sites (tertiary alicyclic amines) is 2. The molecular formula is C18H27N3O3. The van der Waals surface area contributed by atoms with Gasteiger partial charge in [0.25, 0.3) is 5.91 Å². The quantitative estimate of drug-likeness (QED) is 0.909. The topological polar surface area (TPSA) is 69.8 Å². The van der Waals surface area contributed by atoms with Crippen LogP contribution >= 0.6 is 0 Å². The highest BCUT2D eigenvalue weighted by Gasteiger charge is 2.45. The molecule has 6 heteroatoms. The van der Waals surface area contributed by atoms with E-state index >= 15 is 0 Å². The van der Waals surface area contributed by atoms with E-state index in [0.717, 1.165) is 51.1 Å². The molecule has 1 saturated carbocycles. The maximum absolute atomic E-state index is 12.7. The van der Waals surface area contributed by atoms with Crippen molar-refractivity contribution in [3.8, 4) is 0 Å². The van der Waals surface area contributed by atoms with E-state index in [-0.39, 0.29) is 18.1 Å². The number of aromatic nitrogens is 1. The fourth-order valence-corrected chi connectivity index (χ4v) is 4.77. The standard InChI is InChI=1S/C18H27N3O3/c1-2-14-9-17(24-19-14)18(23)21-10-12-7-15(20-5-3-4-6-20)16(22)8-13(12)11-21/h9,12-13,15-16,22H,2-8,10-11H2,1H3/t12-,13+,15-,16-/m1/s1. The van der Waals surface area contributed by atoms with Gasteiger partial charge in [0.15, 0.2) is 0 Å². The van der Waals surface area contributed by atoms with Gasteiger partial charge in [0.05, 0.1) is 11.8 Å². The van der Waals surface area contributed by atoms with Gasteiger partial charge in [-0.1, -0.05) is 12.1 Å². The summed E-state index contributed by atoms with van der Waals surface area (Å²) in [4.78, 5) is 17.0. The summed E-state index contributed by atoms with van der Waals surface area (Å²) in [6, 6.07) is 2.03. The van der Waals surface area contributed by atoms with Crippen molar-refractivity contribution in [2.24, 2.45) is 11.8 Å². The molecule has 3 heterocycles. The van der Waals surface area contributed by atoms with Crippen LogP contribution in [0.1, 0.15) is 48.9 Å². The van der Waals surface area contributed by atoms with Crippen LogP contribution in [0.5, 0.6) is 0 Å². The predicted octanol–water partition coefficient (Wildman–Crippen LogP) is 1.54. The SMILES string of the molecule is CCc1cc(C(=O)N2C[C@H]3C[C@@H](N4CCCC4)[C@H](O)C[C@H]3C2)on1. The molecule has 0 spiro atoms. The molecule has 6 nitrogen and oxygen atoms in total. The van der Waals surface area contributed by atoms with Crippen LogP contribution in [0.2, 0.25) is 0 Å². The largest absolute Gasteiger partial charge is 0.391 e. The van der Waals surface area contributed by atoms with Crippen molar-refractivity contribution < 1.29 is 14.4 Å². The van der Waals surface area contributed by atoms with Gasteiger partial charge in [0.2, 0.25) is 5.76 Å². The predicted molar refractivity (Wildman–Crippen MR) is 88.6 cm³/mol. The molecular weight excluding hydrogens is 306 g/mol. The van der Waals surface area contributed by atoms with Crippen LogP contribution in [0.4, 0.5) is 0 Å². The van der Waals surface area contributed by atoms with Crippen molar-refractivity contribution in [3.63, 3.8) is 0 Å². The monoisotopic (exact) mass is 333 g/mol. The van der Waals surface area contributed by atoms with Crippen molar-refractivity contribution in [2.75, 3.05) is 26.2 Å². The molecule has 1 aromatic heterocycles. The summed E-state index contributed by atoms with van der Waals surface area (Å²) < 4.78 is 5.21. The van der Waals surface area contributed by atoms with E-state index in [4.69, 9.17) is 4.52 Å². The highest BCUT2D eigenvalue weighted by atomic mass is 16.5. The van der Waals surface area contributed by atoms with Crippen molar-refractivity contribution in [2.45, 2.75) is 51.2 Å². The van der Waals surface area contributed by atoms with Crippen molar-refractivity contribution in [1.29, 1.82) is 0 Å². The first kappa shape index (κ1) is 16.1. The minimum Gasteiger partial charge on any atom is -0.391 e. The van der Waals surface area contributed by atoms with E-state index in [1.165, 1.54) is 12.8 Å². The van der Waals surface area contributed by atoms with E-state index in [1.54, 1.807) is 6.07 Å². The first-order valence-corrected chi connectivity index (χ1v) is 9.32. The lowest BCUT2D eigenvalue weighted by atomic mass is 9.77. The summed E-state index contributed by atoms with van der Waals surface area (Å²) in [6.07, 6.45) is 4.82. The summed E-state index contributed by atoms with van der Waals surface area (Å²) in [7, 11) is 0. The average Bonchev–Trinajstić information content (AvgIpc) is 3.32. The van der Waals surface area contributed by atoms with Gasteiger partial charge in [-0.15, -0.1) is 0 Å². The van der Waals surface area contributed by atoms with Gasteiger partial charge in [-0.3, -0.25) is 9.69 Å². The Morgan fingerprint density at radius 3 is 2.67 bits per heavy atom. The fourth-order valence-electron chi connectivity index (χ4n) is 4.77. The van der Waals surface area contributed by atoms with Crippen LogP contribution in [-0.4, -0.2) is 64.3 Å². The molecule has 2 aliphatic heterocycles. The molecule has 4 atom stereocenters. The highest BCUT2D eigenvalue weighted by Crippen LogP contribution is 2.39. The van der Waals surface area contributed by atoms with Crippen LogP contribution in [0.15, 0.2) is 10.6 Å². The third-order valence-electron chi connectivity index (χ3n) is 6.14. The number of fused-ring (bicyclic) bond motifs is 1. The molecule has 0 bridgehead atoms. The van der Waals surface area contributed by atoms with Crippen LogP contribution in [0.25, 0.3) is 0 Å². The van der Waals surface area contributed by atoms with Crippen molar-refractivity contribution in [3.05, 3.63) is 17.5 Å².